The molecule has 0 saturated carbocycles. The Balaban J connectivity index is 1.98. The summed E-state index contributed by atoms with van der Waals surface area (Å²) < 4.78 is 0. The number of amides is 1. The molecule has 4 N–H and O–H groups in total. The summed E-state index contributed by atoms with van der Waals surface area (Å²) in [7, 11) is 0. The number of hydrogen-bond donors (Lipinski definition) is 3. The maximum atomic E-state index is 12.1. The van der Waals surface area contributed by atoms with E-state index in [-0.39, 0.29) is 0 Å². The summed E-state index contributed by atoms with van der Waals surface area (Å²) in [5.41, 5.74) is 8.71. The van der Waals surface area contributed by atoms with E-state index in [9.17, 15) is 4.79 Å². The van der Waals surface area contributed by atoms with Gasteiger partial charge in [-0.15, -0.1) is 0 Å². The van der Waals surface area contributed by atoms with Crippen LogP contribution in [0.4, 0.5) is 11.6 Å². The number of carbonyl (C=O) groups excluding carboxylic acids is 1. The Bertz CT molecular complexity index is 847. The molecule has 0 aromatic carbocycles. The lowest BCUT2D eigenvalue weighted by Crippen LogP contribution is -2.44. The third-order valence-electron chi connectivity index (χ3n) is 5.47. The highest BCUT2D eigenvalue weighted by Crippen LogP contribution is 2.28. The number of nitrogens with zero attached hydrogens (tertiary/aromatic N) is 3. The van der Waals surface area contributed by atoms with E-state index in [4.69, 9.17) is 10.7 Å². The summed E-state index contributed by atoms with van der Waals surface area (Å²) in [6, 6.07) is 6.12. The van der Waals surface area contributed by atoms with E-state index >= 15 is 0 Å². The number of nitrogens with two attached hydrogens (primary N) is 1. The lowest BCUT2D eigenvalue weighted by molar-refractivity contribution is 0.0999. The minimum Gasteiger partial charge on any atom is -0.367 e. The third-order valence-corrected chi connectivity index (χ3v) is 5.47. The van der Waals surface area contributed by atoms with Crippen LogP contribution >= 0.6 is 0 Å². The van der Waals surface area contributed by atoms with E-state index in [1.165, 1.54) is 0 Å². The molecule has 0 radical (unpaired) electrons. The second kappa shape index (κ2) is 9.69. The number of anilines is 2. The molecular weight excluding hydrogens is 364 g/mol. The number of rotatable bonds is 8. The smallest absolute Gasteiger partial charge is 0.249 e. The number of hydrogen-bond acceptors (Lipinski definition) is 6. The van der Waals surface area contributed by atoms with Crippen molar-refractivity contribution in [3.8, 4) is 11.3 Å². The van der Waals surface area contributed by atoms with Crippen molar-refractivity contribution >= 4 is 17.5 Å². The van der Waals surface area contributed by atoms with Crippen LogP contribution in [0.1, 0.15) is 49.0 Å². The van der Waals surface area contributed by atoms with Gasteiger partial charge < -0.3 is 21.3 Å². The second-order valence-corrected chi connectivity index (χ2v) is 7.57. The second-order valence-electron chi connectivity index (χ2n) is 7.57. The highest BCUT2D eigenvalue weighted by molar-refractivity contribution is 5.96. The van der Waals surface area contributed by atoms with Crippen molar-refractivity contribution in [2.45, 2.75) is 46.1 Å². The summed E-state index contributed by atoms with van der Waals surface area (Å²) in [5.74, 6) is 1.24. The number of carbonyl (C=O) groups is 1. The molecule has 7 heteroatoms. The molecule has 3 heterocycles. The Morgan fingerprint density at radius 3 is 2.72 bits per heavy atom. The summed E-state index contributed by atoms with van der Waals surface area (Å²) in [4.78, 5) is 23.7. The molecule has 1 aliphatic rings. The first-order valence-electron chi connectivity index (χ1n) is 10.5. The van der Waals surface area contributed by atoms with Crippen LogP contribution < -0.4 is 21.3 Å². The van der Waals surface area contributed by atoms with Crippen LogP contribution in [0.25, 0.3) is 11.3 Å². The van der Waals surface area contributed by atoms with Crippen molar-refractivity contribution in [1.29, 1.82) is 0 Å². The standard InChI is InChI=1S/C22H32N6O/c1-4-6-17(5-2)26-20-13-16(7-8-25-20)19-14-18(21(23)29)15(3)22(27-19)28-11-9-24-10-12-28/h7-8,13-14,17,24H,4-6,9-12H2,1-3H3,(H2,23,29)(H,25,26). The fourth-order valence-electron chi connectivity index (χ4n) is 3.79. The summed E-state index contributed by atoms with van der Waals surface area (Å²) >= 11 is 0. The molecule has 29 heavy (non-hydrogen) atoms. The minimum absolute atomic E-state index is 0.395. The lowest BCUT2D eigenvalue weighted by Gasteiger charge is -2.30. The van der Waals surface area contributed by atoms with Gasteiger partial charge in [-0.3, -0.25) is 4.79 Å². The predicted octanol–water partition coefficient (Wildman–Crippen LogP) is 2.95. The molecule has 0 bridgehead atoms. The number of primary amides is 1. The molecule has 1 saturated heterocycles. The molecule has 1 fully saturated rings. The highest BCUT2D eigenvalue weighted by Gasteiger charge is 2.20. The topological polar surface area (TPSA) is 96.2 Å². The quantitative estimate of drug-likeness (QED) is 0.635. The Hall–Kier alpha value is -2.67. The molecule has 1 amide bonds. The van der Waals surface area contributed by atoms with Gasteiger partial charge in [-0.05, 0) is 38.0 Å². The molecule has 0 aliphatic carbocycles. The third kappa shape index (κ3) is 5.03. The Morgan fingerprint density at radius 1 is 1.31 bits per heavy atom. The first-order valence-corrected chi connectivity index (χ1v) is 10.5. The Morgan fingerprint density at radius 2 is 2.07 bits per heavy atom. The van der Waals surface area contributed by atoms with Crippen molar-refractivity contribution in [2.24, 2.45) is 5.73 Å². The van der Waals surface area contributed by atoms with E-state index < -0.39 is 5.91 Å². The van der Waals surface area contributed by atoms with Gasteiger partial charge >= 0.3 is 0 Å². The molecule has 1 unspecified atom stereocenters. The van der Waals surface area contributed by atoms with Gasteiger partial charge in [-0.1, -0.05) is 20.3 Å². The molecule has 1 aliphatic heterocycles. The van der Waals surface area contributed by atoms with Crippen molar-refractivity contribution in [2.75, 3.05) is 36.4 Å². The van der Waals surface area contributed by atoms with Crippen LogP contribution in [0.3, 0.4) is 0 Å². The van der Waals surface area contributed by atoms with E-state index in [1.807, 2.05) is 19.1 Å². The Labute approximate surface area is 173 Å². The van der Waals surface area contributed by atoms with Crippen molar-refractivity contribution in [3.05, 3.63) is 35.5 Å². The Kier molecular flexibility index (Phi) is 7.04. The average molecular weight is 397 g/mol. The molecule has 1 atom stereocenters. The highest BCUT2D eigenvalue weighted by atomic mass is 16.1. The SMILES string of the molecule is CCCC(CC)Nc1cc(-c2cc(C(N)=O)c(C)c(N3CCNCC3)n2)ccn1. The number of nitrogens with one attached hydrogen (secondary N) is 2. The van der Waals surface area contributed by atoms with Gasteiger partial charge in [0.15, 0.2) is 0 Å². The number of pyridine rings is 2. The van der Waals surface area contributed by atoms with Crippen LogP contribution in [0, 0.1) is 6.92 Å². The molecule has 2 aromatic heterocycles. The molecule has 3 rings (SSSR count). The van der Waals surface area contributed by atoms with Crippen LogP contribution in [0.15, 0.2) is 24.4 Å². The van der Waals surface area contributed by atoms with Crippen molar-refractivity contribution < 1.29 is 4.79 Å². The monoisotopic (exact) mass is 396 g/mol. The van der Waals surface area contributed by atoms with Crippen LogP contribution in [0.5, 0.6) is 0 Å². The largest absolute Gasteiger partial charge is 0.367 e. The van der Waals surface area contributed by atoms with Gasteiger partial charge in [0.2, 0.25) is 5.91 Å². The predicted molar refractivity (Wildman–Crippen MR) is 118 cm³/mol. The molecule has 156 valence electrons. The van der Waals surface area contributed by atoms with Gasteiger partial charge in [0.05, 0.1) is 5.69 Å². The number of aromatic nitrogens is 2. The summed E-state index contributed by atoms with van der Waals surface area (Å²) in [5, 5.41) is 6.87. The van der Waals surface area contributed by atoms with Gasteiger partial charge in [-0.25, -0.2) is 9.97 Å². The lowest BCUT2D eigenvalue weighted by atomic mass is 10.0. The van der Waals surface area contributed by atoms with Gasteiger partial charge in [0, 0.05) is 55.1 Å². The fourth-order valence-corrected chi connectivity index (χ4v) is 3.79. The van der Waals surface area contributed by atoms with E-state index in [0.717, 1.165) is 73.9 Å². The maximum Gasteiger partial charge on any atom is 0.249 e. The van der Waals surface area contributed by atoms with E-state index in [0.29, 0.717) is 11.6 Å². The van der Waals surface area contributed by atoms with Crippen LogP contribution in [0.2, 0.25) is 0 Å². The molecule has 0 spiro atoms. The first kappa shape index (κ1) is 21.0. The maximum absolute atomic E-state index is 12.1. The fraction of sp³-hybridized carbons (Fsp3) is 0.500. The van der Waals surface area contributed by atoms with Crippen molar-refractivity contribution in [1.82, 2.24) is 15.3 Å². The zero-order valence-electron chi connectivity index (χ0n) is 17.7. The van der Waals surface area contributed by atoms with E-state index in [1.54, 1.807) is 12.3 Å². The van der Waals surface area contributed by atoms with Gasteiger partial charge in [0.1, 0.15) is 11.6 Å². The zero-order valence-corrected chi connectivity index (χ0v) is 17.7. The average Bonchev–Trinajstić information content (AvgIpc) is 2.74. The summed E-state index contributed by atoms with van der Waals surface area (Å²) in [6.07, 6.45) is 5.05. The molecule has 2 aromatic rings. The normalized spacial score (nSPS) is 15.2. The molecule has 7 nitrogen and oxygen atoms in total. The number of piperazine rings is 1. The van der Waals surface area contributed by atoms with Crippen LogP contribution in [-0.2, 0) is 0 Å². The van der Waals surface area contributed by atoms with Crippen LogP contribution in [-0.4, -0.2) is 48.1 Å². The summed E-state index contributed by atoms with van der Waals surface area (Å²) in [6.45, 7) is 9.80. The van der Waals surface area contributed by atoms with E-state index in [2.05, 4.69) is 34.4 Å². The van der Waals surface area contributed by atoms with Gasteiger partial charge in [0.25, 0.3) is 0 Å². The minimum atomic E-state index is -0.427. The zero-order chi connectivity index (χ0) is 20.8. The first-order chi connectivity index (χ1) is 14.0. The molecular formula is C22H32N6O. The van der Waals surface area contributed by atoms with Gasteiger partial charge in [-0.2, -0.15) is 0 Å². The van der Waals surface area contributed by atoms with Crippen molar-refractivity contribution in [3.63, 3.8) is 0 Å².